The lowest BCUT2D eigenvalue weighted by atomic mass is 9.95. The van der Waals surface area contributed by atoms with Gasteiger partial charge >= 0.3 is 0 Å². The average molecular weight is 239 g/mol. The summed E-state index contributed by atoms with van der Waals surface area (Å²) >= 11 is 5.84. The van der Waals surface area contributed by atoms with Crippen molar-refractivity contribution in [2.24, 2.45) is 0 Å². The van der Waals surface area contributed by atoms with Crippen LogP contribution in [0.3, 0.4) is 0 Å². The summed E-state index contributed by atoms with van der Waals surface area (Å²) in [4.78, 5) is 11.6. The molecule has 2 N–H and O–H groups in total. The van der Waals surface area contributed by atoms with Crippen LogP contribution in [0.4, 0.5) is 0 Å². The summed E-state index contributed by atoms with van der Waals surface area (Å²) in [6.07, 6.45) is 0. The van der Waals surface area contributed by atoms with E-state index in [1.54, 1.807) is 0 Å². The molecule has 1 heterocycles. The molecule has 1 fully saturated rings. The van der Waals surface area contributed by atoms with Gasteiger partial charge in [-0.3, -0.25) is 10.1 Å². The number of carbonyl (C=O) groups excluding carboxylic acids is 1. The Bertz CT molecular complexity index is 400. The predicted octanol–water partition coefficient (Wildman–Crippen LogP) is 1.88. The molecule has 0 bridgehead atoms. The van der Waals surface area contributed by atoms with Crippen molar-refractivity contribution in [3.05, 3.63) is 34.9 Å². The van der Waals surface area contributed by atoms with Crippen molar-refractivity contribution in [3.63, 3.8) is 0 Å². The lowest BCUT2D eigenvalue weighted by molar-refractivity contribution is -0.128. The van der Waals surface area contributed by atoms with Crippen molar-refractivity contribution in [1.29, 1.82) is 0 Å². The smallest absolute Gasteiger partial charge is 0.239 e. The van der Waals surface area contributed by atoms with Crippen LogP contribution >= 0.6 is 11.6 Å². The first-order chi connectivity index (χ1) is 7.49. The average Bonchev–Trinajstić information content (AvgIpc) is 2.23. The Morgan fingerprint density at radius 1 is 1.31 bits per heavy atom. The minimum absolute atomic E-state index is 0.0395. The fraction of sp³-hybridized carbons (Fsp3) is 0.417. The number of nitrogens with one attached hydrogen (secondary N) is 2. The second-order valence-electron chi connectivity index (χ2n) is 4.58. The first-order valence-electron chi connectivity index (χ1n) is 5.30. The van der Waals surface area contributed by atoms with E-state index < -0.39 is 5.54 Å². The van der Waals surface area contributed by atoms with E-state index in [0.717, 1.165) is 10.6 Å². The zero-order valence-corrected chi connectivity index (χ0v) is 10.1. The van der Waals surface area contributed by atoms with Gasteiger partial charge in [0.15, 0.2) is 0 Å². The van der Waals surface area contributed by atoms with Crippen molar-refractivity contribution >= 4 is 17.5 Å². The molecule has 0 saturated carbocycles. The van der Waals surface area contributed by atoms with Crippen molar-refractivity contribution in [2.75, 3.05) is 6.54 Å². The molecule has 1 atom stereocenters. The van der Waals surface area contributed by atoms with Crippen LogP contribution in [0.15, 0.2) is 24.3 Å². The largest absolute Gasteiger partial charge is 0.353 e. The molecular formula is C12H15ClN2O. The van der Waals surface area contributed by atoms with Crippen molar-refractivity contribution in [2.45, 2.75) is 25.4 Å². The van der Waals surface area contributed by atoms with Crippen molar-refractivity contribution < 1.29 is 4.79 Å². The van der Waals surface area contributed by atoms with Gasteiger partial charge in [0.1, 0.15) is 0 Å². The molecule has 2 rings (SSSR count). The number of hydrogen-bond acceptors (Lipinski definition) is 2. The number of carbonyl (C=O) groups is 1. The van der Waals surface area contributed by atoms with Gasteiger partial charge in [0.25, 0.3) is 0 Å². The topological polar surface area (TPSA) is 41.1 Å². The van der Waals surface area contributed by atoms with Crippen LogP contribution in [-0.2, 0) is 4.79 Å². The molecule has 3 nitrogen and oxygen atoms in total. The van der Waals surface area contributed by atoms with Gasteiger partial charge in [-0.15, -0.1) is 0 Å². The lowest BCUT2D eigenvalue weighted by Gasteiger charge is -2.36. The number of amides is 1. The second-order valence-corrected chi connectivity index (χ2v) is 5.02. The van der Waals surface area contributed by atoms with Crippen LogP contribution in [0, 0.1) is 0 Å². The first kappa shape index (κ1) is 11.4. The lowest BCUT2D eigenvalue weighted by Crippen LogP contribution is -2.60. The van der Waals surface area contributed by atoms with Crippen LogP contribution in [0.25, 0.3) is 0 Å². The second kappa shape index (κ2) is 4.07. The Labute approximate surface area is 100 Å². The van der Waals surface area contributed by atoms with E-state index in [9.17, 15) is 4.79 Å². The Balaban J connectivity index is 2.18. The standard InChI is InChI=1S/C12H15ClN2O/c1-12(2)11(16)14-7-10(15-12)8-3-5-9(13)6-4-8/h3-6,10,15H,7H2,1-2H3,(H,14,16). The predicted molar refractivity (Wildman–Crippen MR) is 64.4 cm³/mol. The van der Waals surface area contributed by atoms with Gasteiger partial charge in [0.2, 0.25) is 5.91 Å². The Hall–Kier alpha value is -1.06. The van der Waals surface area contributed by atoms with Crippen LogP contribution in [0.1, 0.15) is 25.5 Å². The number of benzene rings is 1. The van der Waals surface area contributed by atoms with Gasteiger partial charge in [0, 0.05) is 11.6 Å². The number of halogens is 1. The molecule has 1 aliphatic heterocycles. The van der Waals surface area contributed by atoms with E-state index in [2.05, 4.69) is 10.6 Å². The summed E-state index contributed by atoms with van der Waals surface area (Å²) in [6.45, 7) is 4.37. The number of piperazine rings is 1. The highest BCUT2D eigenvalue weighted by molar-refractivity contribution is 6.30. The molecular weight excluding hydrogens is 224 g/mol. The van der Waals surface area contributed by atoms with Crippen molar-refractivity contribution in [3.8, 4) is 0 Å². The first-order valence-corrected chi connectivity index (χ1v) is 5.68. The van der Waals surface area contributed by atoms with Crippen LogP contribution < -0.4 is 10.6 Å². The highest BCUT2D eigenvalue weighted by Gasteiger charge is 2.34. The van der Waals surface area contributed by atoms with E-state index >= 15 is 0 Å². The molecule has 0 radical (unpaired) electrons. The van der Waals surface area contributed by atoms with E-state index in [4.69, 9.17) is 11.6 Å². The molecule has 1 aliphatic rings. The van der Waals surface area contributed by atoms with Gasteiger partial charge in [-0.25, -0.2) is 0 Å². The molecule has 1 saturated heterocycles. The minimum Gasteiger partial charge on any atom is -0.353 e. The normalized spacial score (nSPS) is 23.9. The summed E-state index contributed by atoms with van der Waals surface area (Å²) < 4.78 is 0. The van der Waals surface area contributed by atoms with Gasteiger partial charge in [0.05, 0.1) is 11.6 Å². The Morgan fingerprint density at radius 2 is 1.94 bits per heavy atom. The number of hydrogen-bond donors (Lipinski definition) is 2. The Kier molecular flexibility index (Phi) is 2.91. The fourth-order valence-electron chi connectivity index (χ4n) is 1.86. The molecule has 1 unspecified atom stereocenters. The maximum absolute atomic E-state index is 11.6. The van der Waals surface area contributed by atoms with E-state index in [1.165, 1.54) is 0 Å². The molecule has 4 heteroatoms. The fourth-order valence-corrected chi connectivity index (χ4v) is 1.99. The molecule has 1 aromatic rings. The zero-order chi connectivity index (χ0) is 11.8. The summed E-state index contributed by atoms with van der Waals surface area (Å²) in [7, 11) is 0. The van der Waals surface area contributed by atoms with E-state index in [1.807, 2.05) is 38.1 Å². The maximum atomic E-state index is 11.6. The zero-order valence-electron chi connectivity index (χ0n) is 9.38. The highest BCUT2D eigenvalue weighted by atomic mass is 35.5. The summed E-state index contributed by atoms with van der Waals surface area (Å²) in [5, 5.41) is 6.95. The Morgan fingerprint density at radius 3 is 2.50 bits per heavy atom. The molecule has 0 spiro atoms. The van der Waals surface area contributed by atoms with Crippen molar-refractivity contribution in [1.82, 2.24) is 10.6 Å². The van der Waals surface area contributed by atoms with Gasteiger partial charge in [-0.1, -0.05) is 23.7 Å². The maximum Gasteiger partial charge on any atom is 0.239 e. The van der Waals surface area contributed by atoms with Gasteiger partial charge in [-0.05, 0) is 31.5 Å². The third-order valence-electron chi connectivity index (χ3n) is 2.84. The van der Waals surface area contributed by atoms with E-state index in [-0.39, 0.29) is 11.9 Å². The van der Waals surface area contributed by atoms with Crippen LogP contribution in [-0.4, -0.2) is 18.0 Å². The summed E-state index contributed by atoms with van der Waals surface area (Å²) in [5.74, 6) is 0.0395. The van der Waals surface area contributed by atoms with E-state index in [0.29, 0.717) is 6.54 Å². The van der Waals surface area contributed by atoms with Gasteiger partial charge in [-0.2, -0.15) is 0 Å². The third kappa shape index (κ3) is 2.20. The summed E-state index contributed by atoms with van der Waals surface area (Å²) in [6, 6.07) is 7.83. The molecule has 1 aromatic carbocycles. The van der Waals surface area contributed by atoms with Crippen LogP contribution in [0.5, 0.6) is 0 Å². The SMILES string of the molecule is CC1(C)NC(c2ccc(Cl)cc2)CNC1=O. The molecule has 86 valence electrons. The molecule has 16 heavy (non-hydrogen) atoms. The molecule has 1 amide bonds. The van der Waals surface area contributed by atoms with Gasteiger partial charge < -0.3 is 5.32 Å². The highest BCUT2D eigenvalue weighted by Crippen LogP contribution is 2.21. The third-order valence-corrected chi connectivity index (χ3v) is 3.09. The summed E-state index contributed by atoms with van der Waals surface area (Å²) in [5.41, 5.74) is 0.611. The number of rotatable bonds is 1. The molecule has 0 aromatic heterocycles. The molecule has 0 aliphatic carbocycles. The minimum atomic E-state index is -0.525. The van der Waals surface area contributed by atoms with Crippen LogP contribution in [0.2, 0.25) is 5.02 Å². The monoisotopic (exact) mass is 238 g/mol. The quantitative estimate of drug-likeness (QED) is 0.785.